The third-order valence-corrected chi connectivity index (χ3v) is 4.90. The number of allylic oxidation sites excluding steroid dienone is 2. The van der Waals surface area contributed by atoms with E-state index in [0.717, 1.165) is 36.4 Å². The van der Waals surface area contributed by atoms with E-state index in [9.17, 15) is 4.79 Å². The number of carbonyl (C=O) groups excluding carboxylic acids is 1. The predicted molar refractivity (Wildman–Crippen MR) is 87.3 cm³/mol. The lowest BCUT2D eigenvalue weighted by Crippen LogP contribution is -2.32. The van der Waals surface area contributed by atoms with E-state index in [4.69, 9.17) is 0 Å². The van der Waals surface area contributed by atoms with Gasteiger partial charge in [-0.3, -0.25) is 9.48 Å². The second-order valence-corrected chi connectivity index (χ2v) is 6.41. The normalized spacial score (nSPS) is 20.3. The molecule has 0 radical (unpaired) electrons. The van der Waals surface area contributed by atoms with Gasteiger partial charge in [0.15, 0.2) is 5.78 Å². The number of Topliss-reactive ketones (excluding diaryl/α,β-unsaturated/α-hetero) is 1. The predicted octanol–water partition coefficient (Wildman–Crippen LogP) is 2.24. The summed E-state index contributed by atoms with van der Waals surface area (Å²) in [5.74, 6) is 0.899. The Labute approximate surface area is 138 Å². The molecule has 2 aliphatic rings. The van der Waals surface area contributed by atoms with Crippen molar-refractivity contribution < 1.29 is 4.79 Å². The van der Waals surface area contributed by atoms with Gasteiger partial charge in [0, 0.05) is 30.4 Å². The molecule has 0 aromatic carbocycles. The minimum Gasteiger partial charge on any atom is -0.328 e. The van der Waals surface area contributed by atoms with E-state index in [0.29, 0.717) is 17.5 Å². The highest BCUT2D eigenvalue weighted by molar-refractivity contribution is 7.98. The topological polar surface area (TPSA) is 77.6 Å². The molecule has 0 spiro atoms. The lowest BCUT2D eigenvalue weighted by molar-refractivity contribution is -0.116. The number of nitrogens with zero attached hydrogens (tertiary/aromatic N) is 5. The van der Waals surface area contributed by atoms with Crippen molar-refractivity contribution in [3.63, 3.8) is 0 Å². The van der Waals surface area contributed by atoms with E-state index in [1.165, 1.54) is 11.8 Å². The van der Waals surface area contributed by atoms with Crippen molar-refractivity contribution in [2.45, 2.75) is 43.9 Å². The van der Waals surface area contributed by atoms with Gasteiger partial charge in [0.25, 0.3) is 0 Å². The van der Waals surface area contributed by atoms with Crippen molar-refractivity contribution >= 4 is 23.5 Å². The number of fused-ring (bicyclic) bond motifs is 1. The summed E-state index contributed by atoms with van der Waals surface area (Å²) >= 11 is 1.50. The largest absolute Gasteiger partial charge is 0.328 e. The molecule has 3 heterocycles. The number of aryl methyl sites for hydroxylation is 1. The zero-order valence-electron chi connectivity index (χ0n) is 13.1. The maximum atomic E-state index is 12.6. The van der Waals surface area contributed by atoms with Crippen molar-refractivity contribution in [1.29, 1.82) is 0 Å². The second kappa shape index (κ2) is 5.52. The van der Waals surface area contributed by atoms with Crippen LogP contribution >= 0.6 is 11.8 Å². The second-order valence-electron chi connectivity index (χ2n) is 5.64. The molecule has 1 unspecified atom stereocenters. The standard InChI is InChI=1S/C15H18N6OS/c1-3-20-10(7-8-16-20)13-12-9(5-4-6-11(12)22)17-14-18-15(23-2)19-21(13)14/h7-8,13H,3-6H2,1-2H3,(H,17,18,19). The fraction of sp³-hybridized carbons (Fsp3) is 0.467. The summed E-state index contributed by atoms with van der Waals surface area (Å²) in [5, 5.41) is 13.0. The molecule has 2 aromatic rings. The maximum Gasteiger partial charge on any atom is 0.227 e. The number of thioether (sulfide) groups is 1. The summed E-state index contributed by atoms with van der Waals surface area (Å²) in [5.41, 5.74) is 2.79. The van der Waals surface area contributed by atoms with Crippen LogP contribution in [0.2, 0.25) is 0 Å². The molecule has 1 aliphatic heterocycles. The van der Waals surface area contributed by atoms with E-state index in [1.54, 1.807) is 6.20 Å². The van der Waals surface area contributed by atoms with Gasteiger partial charge in [-0.15, -0.1) is 5.10 Å². The summed E-state index contributed by atoms with van der Waals surface area (Å²) in [6.07, 6.45) is 6.08. The molecule has 7 nitrogen and oxygen atoms in total. The Morgan fingerprint density at radius 2 is 2.30 bits per heavy atom. The van der Waals surface area contributed by atoms with Gasteiger partial charge < -0.3 is 5.32 Å². The first-order valence-electron chi connectivity index (χ1n) is 7.78. The zero-order valence-corrected chi connectivity index (χ0v) is 13.9. The Morgan fingerprint density at radius 1 is 1.43 bits per heavy atom. The van der Waals surface area contributed by atoms with E-state index in [2.05, 4.69) is 20.5 Å². The highest BCUT2D eigenvalue weighted by Crippen LogP contribution is 2.40. The number of rotatable bonds is 3. The fourth-order valence-corrected chi connectivity index (χ4v) is 3.68. The van der Waals surface area contributed by atoms with Gasteiger partial charge in [0.05, 0.1) is 5.69 Å². The number of anilines is 1. The number of nitrogens with one attached hydrogen (secondary N) is 1. The first-order chi connectivity index (χ1) is 11.2. The fourth-order valence-electron chi connectivity index (χ4n) is 3.34. The summed E-state index contributed by atoms with van der Waals surface area (Å²) in [6.45, 7) is 2.80. The third kappa shape index (κ3) is 2.20. The van der Waals surface area contributed by atoms with Crippen LogP contribution in [0, 0.1) is 0 Å². The van der Waals surface area contributed by atoms with Crippen LogP contribution in [-0.4, -0.2) is 36.6 Å². The number of hydrogen-bond donors (Lipinski definition) is 1. The lowest BCUT2D eigenvalue weighted by Gasteiger charge is -2.32. The Morgan fingerprint density at radius 3 is 3.09 bits per heavy atom. The minimum atomic E-state index is -0.245. The lowest BCUT2D eigenvalue weighted by atomic mass is 9.87. The number of aromatic nitrogens is 5. The molecule has 120 valence electrons. The molecular weight excluding hydrogens is 312 g/mol. The zero-order chi connectivity index (χ0) is 16.0. The first kappa shape index (κ1) is 14.5. The van der Waals surface area contributed by atoms with Crippen LogP contribution < -0.4 is 5.32 Å². The Kier molecular flexibility index (Phi) is 3.48. The molecule has 2 aromatic heterocycles. The molecule has 0 bridgehead atoms. The van der Waals surface area contributed by atoms with E-state index in [-0.39, 0.29) is 11.8 Å². The van der Waals surface area contributed by atoms with Crippen molar-refractivity contribution in [3.8, 4) is 0 Å². The van der Waals surface area contributed by atoms with Crippen LogP contribution in [0.15, 0.2) is 28.7 Å². The Bertz CT molecular complexity index is 805. The van der Waals surface area contributed by atoms with Crippen LogP contribution in [0.1, 0.15) is 37.9 Å². The van der Waals surface area contributed by atoms with Gasteiger partial charge in [0.1, 0.15) is 6.04 Å². The van der Waals surface area contributed by atoms with Crippen LogP contribution in [0.25, 0.3) is 0 Å². The van der Waals surface area contributed by atoms with E-state index < -0.39 is 0 Å². The molecule has 0 fully saturated rings. The summed E-state index contributed by atoms with van der Waals surface area (Å²) in [6, 6.07) is 1.72. The molecule has 23 heavy (non-hydrogen) atoms. The average Bonchev–Trinajstić information content (AvgIpc) is 3.18. The highest BCUT2D eigenvalue weighted by atomic mass is 32.2. The van der Waals surface area contributed by atoms with Crippen molar-refractivity contribution in [2.24, 2.45) is 0 Å². The van der Waals surface area contributed by atoms with Crippen LogP contribution in [-0.2, 0) is 11.3 Å². The minimum absolute atomic E-state index is 0.194. The molecular formula is C15H18N6OS. The monoisotopic (exact) mass is 330 g/mol. The van der Waals surface area contributed by atoms with E-state index >= 15 is 0 Å². The molecule has 8 heteroatoms. The first-order valence-corrected chi connectivity index (χ1v) is 9.01. The van der Waals surface area contributed by atoms with Crippen LogP contribution in [0.3, 0.4) is 0 Å². The van der Waals surface area contributed by atoms with Crippen molar-refractivity contribution in [1.82, 2.24) is 24.5 Å². The molecule has 1 N–H and O–H groups in total. The Hall–Kier alpha value is -2.09. The summed E-state index contributed by atoms with van der Waals surface area (Å²) < 4.78 is 3.75. The molecule has 1 aliphatic carbocycles. The van der Waals surface area contributed by atoms with Crippen molar-refractivity contribution in [3.05, 3.63) is 29.2 Å². The SMILES string of the molecule is CCn1nccc1C1C2=C(CCCC2=O)Nc2nc(SC)nn21. The molecule has 1 atom stereocenters. The van der Waals surface area contributed by atoms with Gasteiger partial charge in [-0.1, -0.05) is 11.8 Å². The third-order valence-electron chi connectivity index (χ3n) is 4.36. The molecule has 0 saturated carbocycles. The summed E-state index contributed by atoms with van der Waals surface area (Å²) in [7, 11) is 0. The van der Waals surface area contributed by atoms with Crippen molar-refractivity contribution in [2.75, 3.05) is 11.6 Å². The number of hydrogen-bond acceptors (Lipinski definition) is 6. The van der Waals surface area contributed by atoms with Crippen LogP contribution in [0.5, 0.6) is 0 Å². The van der Waals surface area contributed by atoms with Gasteiger partial charge in [-0.25, -0.2) is 4.68 Å². The quantitative estimate of drug-likeness (QED) is 0.870. The van der Waals surface area contributed by atoms with Gasteiger partial charge in [-0.2, -0.15) is 10.1 Å². The average molecular weight is 330 g/mol. The molecule has 0 saturated heterocycles. The van der Waals surface area contributed by atoms with Gasteiger partial charge in [-0.05, 0) is 32.1 Å². The van der Waals surface area contributed by atoms with Gasteiger partial charge in [0.2, 0.25) is 11.1 Å². The maximum absolute atomic E-state index is 12.6. The number of carbonyl (C=O) groups is 1. The van der Waals surface area contributed by atoms with Crippen LogP contribution in [0.4, 0.5) is 5.95 Å². The number of ketones is 1. The van der Waals surface area contributed by atoms with E-state index in [1.807, 2.05) is 28.6 Å². The molecule has 4 rings (SSSR count). The van der Waals surface area contributed by atoms with Gasteiger partial charge >= 0.3 is 0 Å². The summed E-state index contributed by atoms with van der Waals surface area (Å²) in [4.78, 5) is 17.2. The molecule has 0 amide bonds. The highest BCUT2D eigenvalue weighted by Gasteiger charge is 2.38. The Balaban J connectivity index is 1.93. The smallest absolute Gasteiger partial charge is 0.227 e.